The summed E-state index contributed by atoms with van der Waals surface area (Å²) in [5.74, 6) is -7.68. The molecule has 0 bridgehead atoms. The van der Waals surface area contributed by atoms with Crippen molar-refractivity contribution < 1.29 is 87.3 Å². The Morgan fingerprint density at radius 3 is 1.18 bits per heavy atom. The van der Waals surface area contributed by atoms with Crippen LogP contribution in [0.25, 0.3) is 0 Å². The van der Waals surface area contributed by atoms with Gasteiger partial charge in [-0.2, -0.15) is 0 Å². The molecule has 0 aromatic heterocycles. The summed E-state index contributed by atoms with van der Waals surface area (Å²) in [7, 11) is 0. The van der Waals surface area contributed by atoms with Gasteiger partial charge in [0.1, 0.15) is 37.1 Å². The molecule has 0 rings (SSSR count). The highest BCUT2D eigenvalue weighted by Crippen LogP contribution is 2.12. The molecule has 3 atom stereocenters. The molecule has 0 heterocycles. The van der Waals surface area contributed by atoms with Crippen molar-refractivity contribution in [3.8, 4) is 0 Å². The van der Waals surface area contributed by atoms with Gasteiger partial charge in [-0.25, -0.2) is 14.4 Å². The third-order valence-corrected chi connectivity index (χ3v) is 9.40. The number of hydrogen-bond acceptors (Lipinski definition) is 14. The Bertz CT molecular complexity index is 1460. The van der Waals surface area contributed by atoms with Crippen LogP contribution < -0.4 is 26.6 Å². The first-order chi connectivity index (χ1) is 31.0. The van der Waals surface area contributed by atoms with Crippen molar-refractivity contribution in [2.45, 2.75) is 141 Å². The molecule has 23 nitrogen and oxygen atoms in total. The molecule has 0 aromatic rings. The first-order valence-corrected chi connectivity index (χ1v) is 22.1. The van der Waals surface area contributed by atoms with Crippen LogP contribution in [-0.2, 0) is 66.9 Å². The van der Waals surface area contributed by atoms with E-state index in [4.69, 9.17) is 24.1 Å². The lowest BCUT2D eigenvalue weighted by Gasteiger charge is -2.16. The number of ketones is 1. The number of carbonyl (C=O) groups excluding carboxylic acids is 6. The van der Waals surface area contributed by atoms with E-state index in [2.05, 4.69) is 26.6 Å². The van der Waals surface area contributed by atoms with E-state index in [1.165, 1.54) is 6.92 Å². The average Bonchev–Trinajstić information content (AvgIpc) is 3.24. The van der Waals surface area contributed by atoms with E-state index in [-0.39, 0.29) is 116 Å². The number of Topliss-reactive ketones (excluding diaryl/α,β-unsaturated/α-hetero) is 1. The molecule has 372 valence electrons. The van der Waals surface area contributed by atoms with Crippen molar-refractivity contribution in [3.63, 3.8) is 0 Å². The van der Waals surface area contributed by atoms with Crippen molar-refractivity contribution in [1.29, 1.82) is 0 Å². The molecule has 0 aliphatic heterocycles. The molecule has 0 aliphatic rings. The monoisotopic (exact) mass is 933 g/mol. The molecule has 9 N–H and O–H groups in total. The molecular formula is C42H71N5O18. The van der Waals surface area contributed by atoms with Gasteiger partial charge in [-0.05, 0) is 39.0 Å². The summed E-state index contributed by atoms with van der Waals surface area (Å²) in [4.78, 5) is 117. The van der Waals surface area contributed by atoms with E-state index >= 15 is 0 Å². The smallest absolute Gasteiger partial charge is 0.326 e. The topological polar surface area (TPSA) is 349 Å². The van der Waals surface area contributed by atoms with Crippen LogP contribution >= 0.6 is 0 Å². The Morgan fingerprint density at radius 2 is 0.738 bits per heavy atom. The highest BCUT2D eigenvalue weighted by atomic mass is 16.5. The number of ether oxygens (including phenoxy) is 4. The SMILES string of the molecule is CC(=O)CC[C@H](NC(=O)CCC(NC(=O)COCCOCCNC(=O)COCCOCCNC(=O)CC[C@H](NC(=O)CCCCCCCCCCCCC(=O)O)C(=O)O)C(=O)O)C(=O)O. The maximum atomic E-state index is 12.3. The number of amides is 5. The van der Waals surface area contributed by atoms with Crippen LogP contribution in [0.3, 0.4) is 0 Å². The normalized spacial score (nSPS) is 12.3. The van der Waals surface area contributed by atoms with E-state index in [1.54, 1.807) is 0 Å². The fraction of sp³-hybridized carbons (Fsp3) is 0.762. The van der Waals surface area contributed by atoms with Gasteiger partial charge in [0.15, 0.2) is 0 Å². The molecule has 5 amide bonds. The largest absolute Gasteiger partial charge is 0.481 e. The molecule has 0 spiro atoms. The van der Waals surface area contributed by atoms with Crippen LogP contribution in [0.15, 0.2) is 0 Å². The summed E-state index contributed by atoms with van der Waals surface area (Å²) in [5.41, 5.74) is 0. The number of nitrogens with one attached hydrogen (secondary N) is 5. The number of carbonyl (C=O) groups is 10. The minimum atomic E-state index is -1.44. The van der Waals surface area contributed by atoms with E-state index < -0.39 is 78.7 Å². The first-order valence-electron chi connectivity index (χ1n) is 22.1. The maximum absolute atomic E-state index is 12.3. The Kier molecular flexibility index (Phi) is 36.0. The molecule has 0 aromatic carbocycles. The molecular weight excluding hydrogens is 862 g/mol. The van der Waals surface area contributed by atoms with Crippen molar-refractivity contribution in [1.82, 2.24) is 26.6 Å². The standard InChI is InChI=1S/C42H71N5O18/c1-30(48)14-15-31(40(56)57)46-36(51)19-17-33(42(60)61)47-38(53)29-65-27-25-63-23-21-44-37(52)28-64-26-24-62-22-20-43-34(49)18-16-32(41(58)59)45-35(50)12-10-8-6-4-2-3-5-7-9-11-13-39(54)55/h31-33H,2-29H2,1H3,(H,43,49)(H,44,52)(H,45,50)(H,46,51)(H,47,53)(H,54,55)(H,56,57)(H,58,59)(H,60,61)/t31-,32-,33?/m0/s1. The summed E-state index contributed by atoms with van der Waals surface area (Å²) < 4.78 is 21.1. The summed E-state index contributed by atoms with van der Waals surface area (Å²) in [6.07, 6.45) is 8.80. The predicted molar refractivity (Wildman–Crippen MR) is 229 cm³/mol. The molecule has 0 aliphatic carbocycles. The summed E-state index contributed by atoms with van der Waals surface area (Å²) in [5, 5.41) is 48.8. The zero-order valence-corrected chi connectivity index (χ0v) is 37.5. The van der Waals surface area contributed by atoms with Gasteiger partial charge >= 0.3 is 23.9 Å². The van der Waals surface area contributed by atoms with Crippen molar-refractivity contribution in [2.75, 3.05) is 65.9 Å². The van der Waals surface area contributed by atoms with E-state index in [1.807, 2.05) is 0 Å². The summed E-state index contributed by atoms with van der Waals surface area (Å²) >= 11 is 0. The molecule has 0 fully saturated rings. The van der Waals surface area contributed by atoms with E-state index in [0.717, 1.165) is 51.4 Å². The lowest BCUT2D eigenvalue weighted by atomic mass is 10.0. The second-order valence-electron chi connectivity index (χ2n) is 15.2. The third kappa shape index (κ3) is 37.8. The Morgan fingerprint density at radius 1 is 0.385 bits per heavy atom. The molecule has 1 unspecified atom stereocenters. The Hall–Kier alpha value is -5.26. The van der Waals surface area contributed by atoms with Crippen LogP contribution in [0.2, 0.25) is 0 Å². The van der Waals surface area contributed by atoms with Gasteiger partial charge in [0, 0.05) is 45.2 Å². The lowest BCUT2D eigenvalue weighted by Crippen LogP contribution is -2.45. The van der Waals surface area contributed by atoms with E-state index in [9.17, 15) is 63.3 Å². The van der Waals surface area contributed by atoms with Crippen LogP contribution in [0.4, 0.5) is 0 Å². The number of aliphatic carboxylic acids is 4. The maximum Gasteiger partial charge on any atom is 0.326 e. The second-order valence-corrected chi connectivity index (χ2v) is 15.2. The summed E-state index contributed by atoms with van der Waals surface area (Å²) in [6.45, 7) is 1.38. The number of rotatable bonds is 44. The van der Waals surface area contributed by atoms with Gasteiger partial charge in [-0.1, -0.05) is 51.4 Å². The van der Waals surface area contributed by atoms with Gasteiger partial charge < -0.3 is 70.8 Å². The summed E-state index contributed by atoms with van der Waals surface area (Å²) in [6, 6.07) is -3.93. The fourth-order valence-electron chi connectivity index (χ4n) is 5.85. The van der Waals surface area contributed by atoms with Crippen molar-refractivity contribution >= 4 is 59.2 Å². The zero-order valence-electron chi connectivity index (χ0n) is 37.5. The van der Waals surface area contributed by atoms with Crippen LogP contribution in [0.5, 0.6) is 0 Å². The second kappa shape index (κ2) is 39.1. The number of carboxylic acids is 4. The minimum Gasteiger partial charge on any atom is -0.481 e. The number of unbranched alkanes of at least 4 members (excludes halogenated alkanes) is 9. The molecule has 0 saturated carbocycles. The van der Waals surface area contributed by atoms with Gasteiger partial charge in [-0.15, -0.1) is 0 Å². The van der Waals surface area contributed by atoms with Crippen LogP contribution in [0, 0.1) is 0 Å². The predicted octanol–water partition coefficient (Wildman–Crippen LogP) is 0.689. The number of carboxylic acid groups (broad SMARTS) is 4. The number of hydrogen-bond donors (Lipinski definition) is 9. The average molecular weight is 934 g/mol. The van der Waals surface area contributed by atoms with Gasteiger partial charge in [-0.3, -0.25) is 28.8 Å². The Labute approximate surface area is 379 Å². The van der Waals surface area contributed by atoms with Gasteiger partial charge in [0.25, 0.3) is 0 Å². The minimum absolute atomic E-state index is 0.0262. The molecule has 0 radical (unpaired) electrons. The lowest BCUT2D eigenvalue weighted by molar-refractivity contribution is -0.144. The van der Waals surface area contributed by atoms with Crippen molar-refractivity contribution in [3.05, 3.63) is 0 Å². The van der Waals surface area contributed by atoms with Crippen LogP contribution in [0.1, 0.15) is 122 Å². The first kappa shape index (κ1) is 59.7. The van der Waals surface area contributed by atoms with E-state index in [0.29, 0.717) is 12.8 Å². The van der Waals surface area contributed by atoms with Crippen LogP contribution in [-0.4, -0.2) is 164 Å². The molecule has 65 heavy (non-hydrogen) atoms. The molecule has 23 heteroatoms. The quantitative estimate of drug-likeness (QED) is 0.0380. The third-order valence-electron chi connectivity index (χ3n) is 9.40. The van der Waals surface area contributed by atoms with Crippen molar-refractivity contribution in [2.24, 2.45) is 0 Å². The molecule has 0 saturated heterocycles. The zero-order chi connectivity index (χ0) is 48.7. The highest BCUT2D eigenvalue weighted by molar-refractivity contribution is 5.87. The highest BCUT2D eigenvalue weighted by Gasteiger charge is 2.24. The Balaban J connectivity index is 3.89. The fourth-order valence-corrected chi connectivity index (χ4v) is 5.85. The van der Waals surface area contributed by atoms with Gasteiger partial charge in [0.2, 0.25) is 29.5 Å². The van der Waals surface area contributed by atoms with Gasteiger partial charge in [0.05, 0.1) is 39.6 Å².